The zero-order valence-corrected chi connectivity index (χ0v) is 14.1. The smallest absolute Gasteiger partial charge is 0.309 e. The van der Waals surface area contributed by atoms with Crippen molar-refractivity contribution in [1.82, 2.24) is 4.72 Å². The third-order valence-electron chi connectivity index (χ3n) is 4.27. The van der Waals surface area contributed by atoms with Crippen molar-refractivity contribution in [2.45, 2.75) is 76.9 Å². The minimum Gasteiger partial charge on any atom is -0.481 e. The fourth-order valence-electron chi connectivity index (χ4n) is 2.94. The van der Waals surface area contributed by atoms with Gasteiger partial charge in [-0.2, -0.15) is 0 Å². The van der Waals surface area contributed by atoms with Crippen molar-refractivity contribution in [2.24, 2.45) is 5.92 Å². The van der Waals surface area contributed by atoms with Gasteiger partial charge >= 0.3 is 5.97 Å². The van der Waals surface area contributed by atoms with Crippen molar-refractivity contribution in [3.05, 3.63) is 0 Å². The first-order chi connectivity index (χ1) is 10.4. The number of hydrogen-bond donors (Lipinski definition) is 3. The molecule has 1 rings (SSSR count). The second kappa shape index (κ2) is 9.47. The van der Waals surface area contributed by atoms with Gasteiger partial charge in [0.25, 0.3) is 0 Å². The Kier molecular flexibility index (Phi) is 8.35. The van der Waals surface area contributed by atoms with Gasteiger partial charge < -0.3 is 10.2 Å². The predicted molar refractivity (Wildman–Crippen MR) is 85.1 cm³/mol. The van der Waals surface area contributed by atoms with Crippen LogP contribution >= 0.6 is 0 Å². The minimum atomic E-state index is -3.46. The van der Waals surface area contributed by atoms with Crippen LogP contribution in [0.1, 0.15) is 64.7 Å². The van der Waals surface area contributed by atoms with Gasteiger partial charge in [0.2, 0.25) is 10.0 Å². The zero-order chi connectivity index (χ0) is 16.6. The molecule has 0 aromatic heterocycles. The molecule has 0 spiro atoms. The van der Waals surface area contributed by atoms with Crippen molar-refractivity contribution in [3.8, 4) is 0 Å². The van der Waals surface area contributed by atoms with Crippen molar-refractivity contribution in [3.63, 3.8) is 0 Å². The van der Waals surface area contributed by atoms with Crippen LogP contribution in [0.5, 0.6) is 0 Å². The van der Waals surface area contributed by atoms with Crippen molar-refractivity contribution < 1.29 is 23.4 Å². The average molecular weight is 335 g/mol. The van der Waals surface area contributed by atoms with Crippen LogP contribution in [0, 0.1) is 5.92 Å². The highest BCUT2D eigenvalue weighted by Gasteiger charge is 2.37. The Hall–Kier alpha value is -0.660. The van der Waals surface area contributed by atoms with Gasteiger partial charge in [-0.25, -0.2) is 13.1 Å². The average Bonchev–Trinajstić information content (AvgIpc) is 2.44. The molecule has 0 amide bonds. The highest BCUT2D eigenvalue weighted by atomic mass is 32.2. The van der Waals surface area contributed by atoms with E-state index in [0.29, 0.717) is 25.7 Å². The van der Waals surface area contributed by atoms with Gasteiger partial charge in [-0.15, -0.1) is 0 Å². The van der Waals surface area contributed by atoms with Crippen LogP contribution in [0.25, 0.3) is 0 Å². The van der Waals surface area contributed by atoms with E-state index in [1.54, 1.807) is 0 Å². The second-order valence-corrected chi connectivity index (χ2v) is 8.05. The van der Waals surface area contributed by atoms with E-state index < -0.39 is 34.1 Å². The Morgan fingerprint density at radius 2 is 1.77 bits per heavy atom. The number of carbonyl (C=O) groups is 1. The third kappa shape index (κ3) is 6.62. The minimum absolute atomic E-state index is 0.0417. The van der Waals surface area contributed by atoms with Crippen LogP contribution in [0.2, 0.25) is 0 Å². The van der Waals surface area contributed by atoms with Gasteiger partial charge in [-0.05, 0) is 19.3 Å². The van der Waals surface area contributed by atoms with E-state index in [1.165, 1.54) is 6.42 Å². The van der Waals surface area contributed by atoms with Crippen LogP contribution in [-0.2, 0) is 14.8 Å². The largest absolute Gasteiger partial charge is 0.481 e. The molecule has 0 unspecified atom stereocenters. The molecule has 1 fully saturated rings. The van der Waals surface area contributed by atoms with Gasteiger partial charge in [0, 0.05) is 6.04 Å². The summed E-state index contributed by atoms with van der Waals surface area (Å²) in [5.74, 6) is -1.90. The highest BCUT2D eigenvalue weighted by molar-refractivity contribution is 7.89. The molecule has 130 valence electrons. The zero-order valence-electron chi connectivity index (χ0n) is 13.3. The standard InChI is InChI=1S/C15H29NO5S/c1-2-3-4-5-6-7-11-22(20,21)16-13-10-8-9-12(14(13)17)15(18)19/h12-14,16-17H,2-11H2,1H3,(H,18,19)/t12-,13+,14+/m0/s1. The van der Waals surface area contributed by atoms with Gasteiger partial charge in [0.15, 0.2) is 0 Å². The molecule has 0 heterocycles. The van der Waals surface area contributed by atoms with Crippen molar-refractivity contribution in [2.75, 3.05) is 5.75 Å². The summed E-state index contributed by atoms with van der Waals surface area (Å²) >= 11 is 0. The molecule has 1 aliphatic carbocycles. The lowest BCUT2D eigenvalue weighted by Gasteiger charge is -2.32. The fraction of sp³-hybridized carbons (Fsp3) is 0.933. The predicted octanol–water partition coefficient (Wildman–Crippen LogP) is 1.88. The summed E-state index contributed by atoms with van der Waals surface area (Å²) in [6.45, 7) is 2.13. The van der Waals surface area contributed by atoms with E-state index in [2.05, 4.69) is 11.6 Å². The number of nitrogens with one attached hydrogen (secondary N) is 1. The number of unbranched alkanes of at least 4 members (excludes halogenated alkanes) is 5. The lowest BCUT2D eigenvalue weighted by atomic mass is 9.83. The topological polar surface area (TPSA) is 104 Å². The molecule has 0 aromatic rings. The fourth-order valence-corrected chi connectivity index (χ4v) is 4.36. The van der Waals surface area contributed by atoms with Crippen molar-refractivity contribution in [1.29, 1.82) is 0 Å². The lowest BCUT2D eigenvalue weighted by Crippen LogP contribution is -2.51. The molecule has 0 bridgehead atoms. The van der Waals surface area contributed by atoms with Gasteiger partial charge in [0.1, 0.15) is 0 Å². The molecule has 0 radical (unpaired) electrons. The maximum absolute atomic E-state index is 12.0. The number of rotatable bonds is 10. The summed E-state index contributed by atoms with van der Waals surface area (Å²) in [6, 6.07) is -0.681. The molecular formula is C15H29NO5S. The number of aliphatic hydroxyl groups excluding tert-OH is 1. The second-order valence-electron chi connectivity index (χ2n) is 6.18. The van der Waals surface area contributed by atoms with Crippen molar-refractivity contribution >= 4 is 16.0 Å². The molecule has 3 N–H and O–H groups in total. The number of hydrogen-bond acceptors (Lipinski definition) is 4. The summed E-state index contributed by atoms with van der Waals surface area (Å²) < 4.78 is 26.6. The molecule has 3 atom stereocenters. The number of carboxylic acid groups (broad SMARTS) is 1. The molecule has 22 heavy (non-hydrogen) atoms. The van der Waals surface area contributed by atoms with E-state index in [1.807, 2.05) is 0 Å². The molecular weight excluding hydrogens is 306 g/mol. The Labute approximate surface area is 133 Å². The Balaban J connectivity index is 2.38. The summed E-state index contributed by atoms with van der Waals surface area (Å²) in [7, 11) is -3.46. The molecule has 1 aliphatic rings. The summed E-state index contributed by atoms with van der Waals surface area (Å²) in [5, 5.41) is 19.1. The Bertz CT molecular complexity index is 437. The van der Waals surface area contributed by atoms with Crippen LogP contribution < -0.4 is 4.72 Å². The number of carboxylic acids is 1. The van der Waals surface area contributed by atoms with E-state index in [9.17, 15) is 18.3 Å². The Morgan fingerprint density at radius 3 is 2.41 bits per heavy atom. The lowest BCUT2D eigenvalue weighted by molar-refractivity contribution is -0.148. The maximum atomic E-state index is 12.0. The number of sulfonamides is 1. The van der Waals surface area contributed by atoms with E-state index >= 15 is 0 Å². The van der Waals surface area contributed by atoms with E-state index in [0.717, 1.165) is 25.7 Å². The first-order valence-electron chi connectivity index (χ1n) is 8.28. The molecule has 7 heteroatoms. The molecule has 6 nitrogen and oxygen atoms in total. The van der Waals surface area contributed by atoms with Crippen LogP contribution in [0.4, 0.5) is 0 Å². The van der Waals surface area contributed by atoms with Gasteiger partial charge in [-0.3, -0.25) is 4.79 Å². The van der Waals surface area contributed by atoms with Gasteiger partial charge in [0.05, 0.1) is 17.8 Å². The Morgan fingerprint density at radius 1 is 1.14 bits per heavy atom. The van der Waals surface area contributed by atoms with Crippen LogP contribution in [-0.4, -0.2) is 42.5 Å². The summed E-state index contributed by atoms with van der Waals surface area (Å²) in [5.41, 5.74) is 0. The number of aliphatic hydroxyl groups is 1. The third-order valence-corrected chi connectivity index (χ3v) is 5.76. The van der Waals surface area contributed by atoms with Crippen LogP contribution in [0.15, 0.2) is 0 Å². The first kappa shape index (κ1) is 19.4. The van der Waals surface area contributed by atoms with E-state index in [-0.39, 0.29) is 5.75 Å². The normalized spacial score (nSPS) is 26.0. The molecule has 0 aliphatic heterocycles. The summed E-state index contributed by atoms with van der Waals surface area (Å²) in [6.07, 6.45) is 6.33. The molecule has 0 aromatic carbocycles. The summed E-state index contributed by atoms with van der Waals surface area (Å²) in [4.78, 5) is 11.0. The number of aliphatic carboxylic acids is 1. The quantitative estimate of drug-likeness (QED) is 0.529. The highest BCUT2D eigenvalue weighted by Crippen LogP contribution is 2.25. The van der Waals surface area contributed by atoms with Gasteiger partial charge in [-0.1, -0.05) is 45.4 Å². The first-order valence-corrected chi connectivity index (χ1v) is 9.93. The van der Waals surface area contributed by atoms with E-state index in [4.69, 9.17) is 5.11 Å². The SMILES string of the molecule is CCCCCCCCS(=O)(=O)N[C@@H]1CCC[C@H](C(=O)O)[C@H]1O. The van der Waals surface area contributed by atoms with Crippen LogP contribution in [0.3, 0.4) is 0 Å². The molecule has 1 saturated carbocycles. The monoisotopic (exact) mass is 335 g/mol. The molecule has 0 saturated heterocycles. The maximum Gasteiger partial charge on any atom is 0.309 e.